The van der Waals surface area contributed by atoms with Crippen molar-refractivity contribution in [1.82, 2.24) is 0 Å². The van der Waals surface area contributed by atoms with Gasteiger partial charge in [-0.15, -0.1) is 0 Å². The van der Waals surface area contributed by atoms with E-state index >= 15 is 0 Å². The van der Waals surface area contributed by atoms with Crippen LogP contribution in [-0.4, -0.2) is 17.4 Å². The van der Waals surface area contributed by atoms with Gasteiger partial charge in [0, 0.05) is 0 Å². The maximum atomic E-state index is 12.5. The van der Waals surface area contributed by atoms with Crippen LogP contribution in [-0.2, 0) is 17.0 Å². The van der Waals surface area contributed by atoms with Gasteiger partial charge in [0.2, 0.25) is 0 Å². The molecule has 1 aromatic carbocycles. The first-order valence-electron chi connectivity index (χ1n) is 4.97. The van der Waals surface area contributed by atoms with Crippen molar-refractivity contribution in [1.29, 1.82) is 0 Å². The fourth-order valence-corrected chi connectivity index (χ4v) is 1.40. The first-order valence-corrected chi connectivity index (χ1v) is 5.84. The second-order valence-corrected chi connectivity index (χ2v) is 4.58. The van der Waals surface area contributed by atoms with E-state index in [2.05, 4.69) is 9.31 Å². The summed E-state index contributed by atoms with van der Waals surface area (Å²) in [4.78, 5) is 0. The Kier molecular flexibility index (Phi) is 5.65. The third-order valence-corrected chi connectivity index (χ3v) is 2.22. The molecule has 0 saturated heterocycles. The van der Waals surface area contributed by atoms with Gasteiger partial charge in [-0.2, -0.15) is 26.3 Å². The van der Waals surface area contributed by atoms with Gasteiger partial charge in [-0.05, 0) is 18.2 Å². The van der Waals surface area contributed by atoms with Gasteiger partial charge in [0.05, 0.1) is 11.1 Å². The third kappa shape index (κ3) is 5.81. The number of halogens is 8. The van der Waals surface area contributed by atoms with Crippen LogP contribution < -0.4 is 4.65 Å². The van der Waals surface area contributed by atoms with E-state index in [1.54, 1.807) is 0 Å². The maximum absolute atomic E-state index is 12.5. The zero-order valence-electron chi connectivity index (χ0n) is 9.67. The molecule has 1 aromatic rings. The van der Waals surface area contributed by atoms with Crippen LogP contribution in [0.3, 0.4) is 0 Å². The molecule has 3 nitrogen and oxygen atoms in total. The molecule has 0 aliphatic carbocycles. The molecule has 0 amide bonds. The number of hydrogen-bond acceptors (Lipinski definition) is 3. The second kappa shape index (κ2) is 6.51. The van der Waals surface area contributed by atoms with Crippen LogP contribution in [0, 0.1) is 0 Å². The molecule has 0 aliphatic heterocycles. The molecule has 0 atom stereocenters. The van der Waals surface area contributed by atoms with Crippen LogP contribution in [0.1, 0.15) is 11.1 Å². The molecule has 0 saturated carbocycles. The van der Waals surface area contributed by atoms with E-state index in [-0.39, 0.29) is 18.2 Å². The molecule has 0 fully saturated rings. The van der Waals surface area contributed by atoms with Crippen molar-refractivity contribution < 1.29 is 40.7 Å². The molecule has 118 valence electrons. The standard InChI is InChI=1S/C9H5BCl2F6O3/c11-7(12)21-10(19)20-6-2-4(8(13,14)15)1-5(3-6)9(16,17)18/h1-3,7,19H. The van der Waals surface area contributed by atoms with Gasteiger partial charge < -0.3 is 14.3 Å². The molecule has 0 unspecified atom stereocenters. The number of rotatable bonds is 4. The van der Waals surface area contributed by atoms with Crippen LogP contribution in [0.4, 0.5) is 26.3 Å². The lowest BCUT2D eigenvalue weighted by atomic mass is 10.1. The molecule has 0 aromatic heterocycles. The Hall–Kier alpha value is -0.835. The third-order valence-electron chi connectivity index (χ3n) is 2.02. The monoisotopic (exact) mass is 356 g/mol. The lowest BCUT2D eigenvalue weighted by Gasteiger charge is -2.16. The molecule has 21 heavy (non-hydrogen) atoms. The summed E-state index contributed by atoms with van der Waals surface area (Å²) in [6, 6.07) is 0.435. The average Bonchev–Trinajstić information content (AvgIpc) is 2.24. The number of hydrogen-bond donors (Lipinski definition) is 1. The summed E-state index contributed by atoms with van der Waals surface area (Å²) in [6.45, 7) is 0. The predicted molar refractivity (Wildman–Crippen MR) is 61.6 cm³/mol. The largest absolute Gasteiger partial charge is 0.712 e. The van der Waals surface area contributed by atoms with Crippen molar-refractivity contribution in [2.75, 3.05) is 0 Å². The summed E-state index contributed by atoms with van der Waals surface area (Å²) >= 11 is 10.2. The summed E-state index contributed by atoms with van der Waals surface area (Å²) in [5.41, 5.74) is -3.21. The summed E-state index contributed by atoms with van der Waals surface area (Å²) in [5, 5.41) is 7.49. The quantitative estimate of drug-likeness (QED) is 0.506. The normalized spacial score (nSPS) is 12.7. The highest BCUT2D eigenvalue weighted by Crippen LogP contribution is 2.38. The van der Waals surface area contributed by atoms with E-state index in [0.717, 1.165) is 0 Å². The van der Waals surface area contributed by atoms with Gasteiger partial charge in [-0.3, -0.25) is 0 Å². The molecule has 0 bridgehead atoms. The summed E-state index contributed by atoms with van der Waals surface area (Å²) in [6.07, 6.45) is -10.1. The van der Waals surface area contributed by atoms with Gasteiger partial charge in [0.15, 0.2) is 5.02 Å². The minimum Gasteiger partial charge on any atom is -0.512 e. The summed E-state index contributed by atoms with van der Waals surface area (Å²) < 4.78 is 83.7. The topological polar surface area (TPSA) is 38.7 Å². The lowest BCUT2D eigenvalue weighted by molar-refractivity contribution is -0.143. The van der Waals surface area contributed by atoms with Crippen molar-refractivity contribution in [3.05, 3.63) is 29.3 Å². The molecule has 0 radical (unpaired) electrons. The fourth-order valence-electron chi connectivity index (χ4n) is 1.23. The second-order valence-electron chi connectivity index (χ2n) is 3.56. The molecule has 0 heterocycles. The molecule has 0 spiro atoms. The van der Waals surface area contributed by atoms with Crippen molar-refractivity contribution >= 4 is 30.5 Å². The van der Waals surface area contributed by atoms with Gasteiger partial charge in [-0.1, -0.05) is 23.2 Å². The smallest absolute Gasteiger partial charge is 0.512 e. The first kappa shape index (κ1) is 18.2. The maximum Gasteiger partial charge on any atom is 0.712 e. The SMILES string of the molecule is OB(Oc1cc(C(F)(F)F)cc(C(F)(F)F)c1)OC(Cl)Cl. The highest BCUT2D eigenvalue weighted by molar-refractivity contribution is 6.46. The van der Waals surface area contributed by atoms with Crippen LogP contribution >= 0.6 is 23.2 Å². The van der Waals surface area contributed by atoms with Crippen molar-refractivity contribution in [3.8, 4) is 5.75 Å². The number of benzene rings is 1. The Labute approximate surface area is 124 Å². The van der Waals surface area contributed by atoms with Gasteiger partial charge in [-0.25, -0.2) is 0 Å². The first-order chi connectivity index (χ1) is 9.39. The zero-order chi connectivity index (χ0) is 16.4. The van der Waals surface area contributed by atoms with E-state index in [9.17, 15) is 26.3 Å². The number of alkyl halides is 8. The van der Waals surface area contributed by atoms with E-state index < -0.39 is 41.6 Å². The summed E-state index contributed by atoms with van der Waals surface area (Å²) in [7, 11) is -2.24. The molecular weight excluding hydrogens is 352 g/mol. The molecule has 1 N–H and O–H groups in total. The van der Waals surface area contributed by atoms with Crippen LogP contribution in [0.15, 0.2) is 18.2 Å². The Bertz CT molecular complexity index is 461. The highest BCUT2D eigenvalue weighted by atomic mass is 35.5. The molecule has 1 rings (SSSR count). The van der Waals surface area contributed by atoms with Crippen LogP contribution in [0.25, 0.3) is 0 Å². The Morgan fingerprint density at radius 1 is 0.952 bits per heavy atom. The van der Waals surface area contributed by atoms with E-state index in [1.807, 2.05) is 0 Å². The average molecular weight is 357 g/mol. The van der Waals surface area contributed by atoms with E-state index in [4.69, 9.17) is 28.2 Å². The zero-order valence-corrected chi connectivity index (χ0v) is 11.2. The van der Waals surface area contributed by atoms with Crippen molar-refractivity contribution in [3.63, 3.8) is 0 Å². The van der Waals surface area contributed by atoms with Gasteiger partial charge in [0.25, 0.3) is 0 Å². The Morgan fingerprint density at radius 3 is 1.71 bits per heavy atom. The van der Waals surface area contributed by atoms with E-state index in [1.165, 1.54) is 0 Å². The molecular formula is C9H5BCl2F6O3. The minimum atomic E-state index is -5.04. The molecule has 12 heteroatoms. The van der Waals surface area contributed by atoms with Gasteiger partial charge >= 0.3 is 19.7 Å². The minimum absolute atomic E-state index is 0.0913. The van der Waals surface area contributed by atoms with Crippen LogP contribution in [0.2, 0.25) is 0 Å². The fraction of sp³-hybridized carbons (Fsp3) is 0.333. The molecule has 0 aliphatic rings. The van der Waals surface area contributed by atoms with Crippen LogP contribution in [0.5, 0.6) is 5.75 Å². The van der Waals surface area contributed by atoms with Gasteiger partial charge in [0.1, 0.15) is 5.75 Å². The highest BCUT2D eigenvalue weighted by Gasteiger charge is 2.37. The van der Waals surface area contributed by atoms with Crippen molar-refractivity contribution in [2.24, 2.45) is 0 Å². The Balaban J connectivity index is 3.14. The van der Waals surface area contributed by atoms with Crippen molar-refractivity contribution in [2.45, 2.75) is 17.4 Å². The lowest BCUT2D eigenvalue weighted by Crippen LogP contribution is -2.28. The Morgan fingerprint density at radius 2 is 1.38 bits per heavy atom. The van der Waals surface area contributed by atoms with E-state index in [0.29, 0.717) is 0 Å². The summed E-state index contributed by atoms with van der Waals surface area (Å²) in [5.74, 6) is -0.918. The predicted octanol–water partition coefficient (Wildman–Crippen LogP) is 3.86.